The van der Waals surface area contributed by atoms with Gasteiger partial charge in [-0.15, -0.1) is 0 Å². The van der Waals surface area contributed by atoms with Gasteiger partial charge in [-0.1, -0.05) is 23.8 Å². The van der Waals surface area contributed by atoms with E-state index in [9.17, 15) is 8.42 Å². The topological polar surface area (TPSA) is 47.3 Å². The summed E-state index contributed by atoms with van der Waals surface area (Å²) < 4.78 is 30.9. The summed E-state index contributed by atoms with van der Waals surface area (Å²) >= 11 is 0. The van der Waals surface area contributed by atoms with Crippen molar-refractivity contribution in [2.45, 2.75) is 24.8 Å². The van der Waals surface area contributed by atoms with E-state index in [-0.39, 0.29) is 11.5 Å². The van der Waals surface area contributed by atoms with E-state index < -0.39 is 10.1 Å². The Labute approximate surface area is 119 Å². The molecule has 0 fully saturated rings. The van der Waals surface area contributed by atoms with E-state index in [0.717, 1.165) is 12.1 Å². The van der Waals surface area contributed by atoms with Crippen molar-refractivity contribution >= 4 is 10.1 Å². The summed E-state index contributed by atoms with van der Waals surface area (Å²) in [5.41, 5.74) is 1.02. The van der Waals surface area contributed by atoms with Gasteiger partial charge in [0.05, 0.1) is 11.5 Å². The number of nitrogens with zero attached hydrogens (tertiary/aromatic N) is 1. The van der Waals surface area contributed by atoms with Crippen LogP contribution in [0, 0.1) is 6.92 Å². The van der Waals surface area contributed by atoms with Crippen LogP contribution >= 0.6 is 0 Å². The highest BCUT2D eigenvalue weighted by molar-refractivity contribution is 7.86. The van der Waals surface area contributed by atoms with Gasteiger partial charge in [0, 0.05) is 18.6 Å². The fourth-order valence-corrected chi connectivity index (χ4v) is 2.71. The lowest BCUT2D eigenvalue weighted by molar-refractivity contribution is -0.697. The molecule has 0 aliphatic carbocycles. The van der Waals surface area contributed by atoms with Crippen molar-refractivity contribution in [1.82, 2.24) is 0 Å². The lowest BCUT2D eigenvalue weighted by Gasteiger charge is -2.05. The fourth-order valence-electron chi connectivity index (χ4n) is 1.77. The zero-order valence-corrected chi connectivity index (χ0v) is 12.2. The van der Waals surface area contributed by atoms with Crippen LogP contribution in [0.4, 0.5) is 0 Å². The van der Waals surface area contributed by atoms with Crippen molar-refractivity contribution in [3.05, 3.63) is 60.4 Å². The molecule has 0 saturated carbocycles. The second kappa shape index (κ2) is 6.63. The number of aryl methyl sites for hydroxylation is 2. The first-order valence-corrected chi connectivity index (χ1v) is 7.89. The molecule has 5 heteroatoms. The molecule has 0 unspecified atom stereocenters. The molecule has 0 aliphatic heterocycles. The van der Waals surface area contributed by atoms with Crippen LogP contribution in [0.15, 0.2) is 59.8 Å². The van der Waals surface area contributed by atoms with Gasteiger partial charge in [0.1, 0.15) is 0 Å². The molecule has 106 valence electrons. The molecule has 1 aromatic carbocycles. The third kappa shape index (κ3) is 4.15. The first kappa shape index (κ1) is 14.7. The zero-order chi connectivity index (χ0) is 14.4. The van der Waals surface area contributed by atoms with Gasteiger partial charge in [0.15, 0.2) is 18.9 Å². The third-order valence-corrected chi connectivity index (χ3v) is 4.21. The van der Waals surface area contributed by atoms with E-state index in [4.69, 9.17) is 4.18 Å². The Bertz CT molecular complexity index is 637. The molecule has 1 aromatic heterocycles. The summed E-state index contributed by atoms with van der Waals surface area (Å²) in [6.07, 6.45) is 4.52. The second-order valence-electron chi connectivity index (χ2n) is 4.56. The van der Waals surface area contributed by atoms with Crippen LogP contribution in [0.1, 0.15) is 12.0 Å². The lowest BCUT2D eigenvalue weighted by atomic mass is 10.2. The van der Waals surface area contributed by atoms with Gasteiger partial charge < -0.3 is 0 Å². The molecular formula is C15H18NO3S+. The Hall–Kier alpha value is -1.72. The summed E-state index contributed by atoms with van der Waals surface area (Å²) in [5.74, 6) is 0. The predicted octanol–water partition coefficient (Wildman–Crippen LogP) is 2.08. The van der Waals surface area contributed by atoms with Crippen LogP contribution in [-0.2, 0) is 20.8 Å². The van der Waals surface area contributed by atoms with Crippen LogP contribution in [0.5, 0.6) is 0 Å². The van der Waals surface area contributed by atoms with Gasteiger partial charge in [0.2, 0.25) is 0 Å². The minimum atomic E-state index is -3.64. The van der Waals surface area contributed by atoms with Gasteiger partial charge in [-0.3, -0.25) is 4.18 Å². The maximum Gasteiger partial charge on any atom is 0.296 e. The number of hydrogen-bond acceptors (Lipinski definition) is 3. The molecule has 0 atom stereocenters. The van der Waals surface area contributed by atoms with Crippen molar-refractivity contribution in [1.29, 1.82) is 0 Å². The summed E-state index contributed by atoms with van der Waals surface area (Å²) in [5, 5.41) is 0. The fraction of sp³-hybridized carbons (Fsp3) is 0.267. The Morgan fingerprint density at radius 1 is 1.05 bits per heavy atom. The van der Waals surface area contributed by atoms with Crippen LogP contribution in [-0.4, -0.2) is 15.0 Å². The first-order valence-electron chi connectivity index (χ1n) is 6.48. The summed E-state index contributed by atoms with van der Waals surface area (Å²) in [6, 6.07) is 12.5. The number of rotatable bonds is 6. The largest absolute Gasteiger partial charge is 0.296 e. The zero-order valence-electron chi connectivity index (χ0n) is 11.4. The van der Waals surface area contributed by atoms with Gasteiger partial charge in [-0.25, -0.2) is 4.57 Å². The third-order valence-electron chi connectivity index (χ3n) is 2.89. The van der Waals surface area contributed by atoms with Gasteiger partial charge >= 0.3 is 0 Å². The summed E-state index contributed by atoms with van der Waals surface area (Å²) in [4.78, 5) is 0.204. The standard InChI is InChI=1S/C15H18NO3S/c1-14-6-8-15(9-7-14)20(17,18)19-13-5-12-16-10-3-2-4-11-16/h2-4,6-11H,5,12-13H2,1H3/q+1. The van der Waals surface area contributed by atoms with Gasteiger partial charge in [-0.2, -0.15) is 8.42 Å². The average molecular weight is 292 g/mol. The van der Waals surface area contributed by atoms with Gasteiger partial charge in [0.25, 0.3) is 10.1 Å². The minimum absolute atomic E-state index is 0.179. The smallest absolute Gasteiger partial charge is 0.266 e. The number of aromatic nitrogens is 1. The number of benzene rings is 1. The van der Waals surface area contributed by atoms with E-state index in [0.29, 0.717) is 6.42 Å². The van der Waals surface area contributed by atoms with E-state index in [1.54, 1.807) is 24.3 Å². The highest BCUT2D eigenvalue weighted by Crippen LogP contribution is 2.13. The number of hydrogen-bond donors (Lipinski definition) is 0. The van der Waals surface area contributed by atoms with Crippen LogP contribution in [0.25, 0.3) is 0 Å². The molecule has 0 N–H and O–H groups in total. The normalized spacial score (nSPS) is 11.4. The summed E-state index contributed by atoms with van der Waals surface area (Å²) in [6.45, 7) is 2.82. The number of pyridine rings is 1. The summed E-state index contributed by atoms with van der Waals surface area (Å²) in [7, 11) is -3.64. The van der Waals surface area contributed by atoms with Crippen LogP contribution in [0.3, 0.4) is 0 Å². The Morgan fingerprint density at radius 2 is 1.70 bits per heavy atom. The van der Waals surface area contributed by atoms with Crippen LogP contribution in [0.2, 0.25) is 0 Å². The molecule has 2 aromatic rings. The van der Waals surface area contributed by atoms with E-state index >= 15 is 0 Å². The molecule has 20 heavy (non-hydrogen) atoms. The molecule has 0 radical (unpaired) electrons. The van der Waals surface area contributed by atoms with E-state index in [1.807, 2.05) is 42.1 Å². The minimum Gasteiger partial charge on any atom is -0.266 e. The second-order valence-corrected chi connectivity index (χ2v) is 6.17. The Morgan fingerprint density at radius 3 is 2.35 bits per heavy atom. The molecule has 0 spiro atoms. The first-order chi connectivity index (χ1) is 9.58. The van der Waals surface area contributed by atoms with Crippen molar-refractivity contribution in [3.63, 3.8) is 0 Å². The average Bonchev–Trinajstić information content (AvgIpc) is 2.45. The van der Waals surface area contributed by atoms with E-state index in [1.165, 1.54) is 0 Å². The Kier molecular flexibility index (Phi) is 4.87. The molecule has 0 amide bonds. The van der Waals surface area contributed by atoms with Crippen molar-refractivity contribution in [2.24, 2.45) is 0 Å². The lowest BCUT2D eigenvalue weighted by Crippen LogP contribution is -2.32. The molecule has 0 saturated heterocycles. The molecular weight excluding hydrogens is 274 g/mol. The molecule has 1 heterocycles. The quantitative estimate of drug-likeness (QED) is 0.465. The van der Waals surface area contributed by atoms with Crippen molar-refractivity contribution in [2.75, 3.05) is 6.61 Å². The van der Waals surface area contributed by atoms with Gasteiger partial charge in [-0.05, 0) is 19.1 Å². The van der Waals surface area contributed by atoms with Crippen molar-refractivity contribution < 1.29 is 17.2 Å². The molecule has 2 rings (SSSR count). The predicted molar refractivity (Wildman–Crippen MR) is 75.6 cm³/mol. The van der Waals surface area contributed by atoms with E-state index in [2.05, 4.69) is 0 Å². The molecule has 0 bridgehead atoms. The monoisotopic (exact) mass is 292 g/mol. The maximum atomic E-state index is 11.9. The molecule has 4 nitrogen and oxygen atoms in total. The molecule has 0 aliphatic rings. The van der Waals surface area contributed by atoms with Crippen LogP contribution < -0.4 is 4.57 Å². The highest BCUT2D eigenvalue weighted by atomic mass is 32.2. The van der Waals surface area contributed by atoms with Crippen molar-refractivity contribution in [3.8, 4) is 0 Å². The Balaban J connectivity index is 1.85. The SMILES string of the molecule is Cc1ccc(S(=O)(=O)OCCC[n+]2ccccc2)cc1. The maximum absolute atomic E-state index is 11.9. The highest BCUT2D eigenvalue weighted by Gasteiger charge is 2.14.